The van der Waals surface area contributed by atoms with E-state index in [0.29, 0.717) is 13.1 Å². The Hall–Kier alpha value is -2.31. The van der Waals surface area contributed by atoms with Gasteiger partial charge in [0.1, 0.15) is 5.60 Å². The molecule has 0 aromatic carbocycles. The second-order valence-corrected chi connectivity index (χ2v) is 7.42. The van der Waals surface area contributed by atoms with Crippen LogP contribution in [-0.2, 0) is 11.2 Å². The van der Waals surface area contributed by atoms with Gasteiger partial charge in [-0.2, -0.15) is 0 Å². The fourth-order valence-corrected chi connectivity index (χ4v) is 2.29. The van der Waals surface area contributed by atoms with Crippen molar-refractivity contribution in [1.29, 1.82) is 0 Å². The van der Waals surface area contributed by atoms with Crippen molar-refractivity contribution in [3.8, 4) is 0 Å². The van der Waals surface area contributed by atoms with Crippen LogP contribution >= 0.6 is 0 Å². The van der Waals surface area contributed by atoms with E-state index in [2.05, 4.69) is 27.5 Å². The maximum Gasteiger partial charge on any atom is 0.410 e. The van der Waals surface area contributed by atoms with E-state index in [0.717, 1.165) is 24.6 Å². The number of amides is 1. The number of carbonyl (C=O) groups excluding carboxylic acids is 1. The van der Waals surface area contributed by atoms with Gasteiger partial charge in [0.25, 0.3) is 0 Å². The molecule has 1 aromatic heterocycles. The smallest absolute Gasteiger partial charge is 0.410 e. The van der Waals surface area contributed by atoms with Crippen LogP contribution in [-0.4, -0.2) is 61.3 Å². The standard InChI is InChI=1S/C19H33N5O2/c1-15(14-24(6)18(25)26-19(2,3)4)13-23-17(20-5)22-12-10-16-9-7-8-11-21-16/h7-9,11,15H,10,12-14H2,1-6H3,(H2,20,22,23). The van der Waals surface area contributed by atoms with Crippen LogP contribution in [0, 0.1) is 5.92 Å². The molecule has 1 unspecified atom stereocenters. The molecule has 26 heavy (non-hydrogen) atoms. The summed E-state index contributed by atoms with van der Waals surface area (Å²) in [4.78, 5) is 22.1. The first-order chi connectivity index (χ1) is 12.2. The van der Waals surface area contributed by atoms with Crippen LogP contribution in [0.25, 0.3) is 0 Å². The molecule has 1 amide bonds. The minimum absolute atomic E-state index is 0.252. The Morgan fingerprint density at radius 3 is 2.65 bits per heavy atom. The van der Waals surface area contributed by atoms with E-state index in [1.807, 2.05) is 39.0 Å². The van der Waals surface area contributed by atoms with Crippen LogP contribution in [0.5, 0.6) is 0 Å². The predicted octanol–water partition coefficient (Wildman–Crippen LogP) is 2.29. The summed E-state index contributed by atoms with van der Waals surface area (Å²) >= 11 is 0. The molecule has 2 N–H and O–H groups in total. The lowest BCUT2D eigenvalue weighted by Crippen LogP contribution is -2.43. The first kappa shape index (κ1) is 21.7. The summed E-state index contributed by atoms with van der Waals surface area (Å²) in [7, 11) is 3.50. The molecular formula is C19H33N5O2. The van der Waals surface area contributed by atoms with Crippen molar-refractivity contribution in [2.24, 2.45) is 10.9 Å². The van der Waals surface area contributed by atoms with Crippen molar-refractivity contribution in [3.63, 3.8) is 0 Å². The number of hydrogen-bond acceptors (Lipinski definition) is 4. The molecule has 0 aliphatic rings. The van der Waals surface area contributed by atoms with Crippen molar-refractivity contribution in [3.05, 3.63) is 30.1 Å². The first-order valence-electron chi connectivity index (χ1n) is 9.00. The van der Waals surface area contributed by atoms with Crippen LogP contribution < -0.4 is 10.6 Å². The van der Waals surface area contributed by atoms with E-state index in [1.165, 1.54) is 0 Å². The van der Waals surface area contributed by atoms with Gasteiger partial charge in [-0.3, -0.25) is 9.98 Å². The van der Waals surface area contributed by atoms with Gasteiger partial charge in [0.05, 0.1) is 0 Å². The predicted molar refractivity (Wildman–Crippen MR) is 105 cm³/mol. The third-order valence-electron chi connectivity index (χ3n) is 3.53. The third kappa shape index (κ3) is 9.25. The van der Waals surface area contributed by atoms with E-state index in [4.69, 9.17) is 4.74 Å². The van der Waals surface area contributed by atoms with Crippen molar-refractivity contribution in [1.82, 2.24) is 20.5 Å². The highest BCUT2D eigenvalue weighted by Crippen LogP contribution is 2.10. The number of aromatic nitrogens is 1. The Kier molecular flexibility index (Phi) is 8.88. The second kappa shape index (κ2) is 10.6. The zero-order valence-electron chi connectivity index (χ0n) is 16.9. The monoisotopic (exact) mass is 363 g/mol. The molecule has 0 bridgehead atoms. The van der Waals surface area contributed by atoms with E-state index in [9.17, 15) is 4.79 Å². The summed E-state index contributed by atoms with van der Waals surface area (Å²) < 4.78 is 5.37. The Morgan fingerprint density at radius 1 is 1.35 bits per heavy atom. The number of hydrogen-bond donors (Lipinski definition) is 2. The van der Waals surface area contributed by atoms with Gasteiger partial charge in [0, 0.05) is 52.0 Å². The molecule has 0 radical (unpaired) electrons. The van der Waals surface area contributed by atoms with Gasteiger partial charge >= 0.3 is 6.09 Å². The van der Waals surface area contributed by atoms with Crippen molar-refractivity contribution < 1.29 is 9.53 Å². The maximum atomic E-state index is 12.0. The Morgan fingerprint density at radius 2 is 2.08 bits per heavy atom. The summed E-state index contributed by atoms with van der Waals surface area (Å²) in [6.45, 7) is 9.74. The summed E-state index contributed by atoms with van der Waals surface area (Å²) in [6, 6.07) is 5.90. The Labute approximate surface area is 157 Å². The van der Waals surface area contributed by atoms with Gasteiger partial charge < -0.3 is 20.3 Å². The molecule has 0 saturated carbocycles. The molecule has 1 aromatic rings. The molecule has 0 aliphatic carbocycles. The van der Waals surface area contributed by atoms with Crippen LogP contribution in [0.4, 0.5) is 4.79 Å². The van der Waals surface area contributed by atoms with Gasteiger partial charge in [-0.05, 0) is 38.8 Å². The average molecular weight is 364 g/mol. The second-order valence-electron chi connectivity index (χ2n) is 7.42. The number of carbonyl (C=O) groups is 1. The molecule has 0 aliphatic heterocycles. The van der Waals surface area contributed by atoms with Gasteiger partial charge in [-0.1, -0.05) is 13.0 Å². The van der Waals surface area contributed by atoms with E-state index in [1.54, 1.807) is 25.2 Å². The lowest BCUT2D eigenvalue weighted by Gasteiger charge is -2.26. The number of nitrogens with zero attached hydrogens (tertiary/aromatic N) is 3. The SMILES string of the molecule is CN=C(NCCc1ccccn1)NCC(C)CN(C)C(=O)OC(C)(C)C. The normalized spacial score (nSPS) is 13.1. The van der Waals surface area contributed by atoms with Crippen LogP contribution in [0.2, 0.25) is 0 Å². The summed E-state index contributed by atoms with van der Waals surface area (Å²) in [6.07, 6.45) is 2.33. The fourth-order valence-electron chi connectivity index (χ4n) is 2.29. The van der Waals surface area contributed by atoms with Crippen molar-refractivity contribution in [2.75, 3.05) is 33.7 Å². The Balaban J connectivity index is 2.30. The molecule has 1 heterocycles. The zero-order chi connectivity index (χ0) is 19.6. The van der Waals surface area contributed by atoms with Crippen LogP contribution in [0.1, 0.15) is 33.4 Å². The van der Waals surface area contributed by atoms with E-state index < -0.39 is 5.60 Å². The highest BCUT2D eigenvalue weighted by molar-refractivity contribution is 5.79. The molecule has 7 heteroatoms. The number of ether oxygens (including phenoxy) is 1. The van der Waals surface area contributed by atoms with E-state index in [-0.39, 0.29) is 12.0 Å². The lowest BCUT2D eigenvalue weighted by atomic mass is 10.1. The quantitative estimate of drug-likeness (QED) is 0.574. The molecule has 0 spiro atoms. The lowest BCUT2D eigenvalue weighted by molar-refractivity contribution is 0.0278. The molecule has 7 nitrogen and oxygen atoms in total. The minimum atomic E-state index is -0.480. The van der Waals surface area contributed by atoms with Gasteiger partial charge in [-0.25, -0.2) is 4.79 Å². The number of guanidine groups is 1. The summed E-state index contributed by atoms with van der Waals surface area (Å²) in [5.41, 5.74) is 0.565. The highest BCUT2D eigenvalue weighted by atomic mass is 16.6. The largest absolute Gasteiger partial charge is 0.444 e. The number of aliphatic imine (C=N–C) groups is 1. The van der Waals surface area contributed by atoms with Crippen molar-refractivity contribution >= 4 is 12.1 Å². The number of pyridine rings is 1. The molecule has 0 fully saturated rings. The molecule has 146 valence electrons. The maximum absolute atomic E-state index is 12.0. The van der Waals surface area contributed by atoms with Crippen LogP contribution in [0.3, 0.4) is 0 Å². The number of nitrogens with one attached hydrogen (secondary N) is 2. The van der Waals surface area contributed by atoms with Crippen LogP contribution in [0.15, 0.2) is 29.4 Å². The topological polar surface area (TPSA) is 78.9 Å². The average Bonchev–Trinajstić information content (AvgIpc) is 2.57. The van der Waals surface area contributed by atoms with Gasteiger partial charge in [0.15, 0.2) is 5.96 Å². The van der Waals surface area contributed by atoms with E-state index >= 15 is 0 Å². The molecular weight excluding hydrogens is 330 g/mol. The van der Waals surface area contributed by atoms with Crippen molar-refractivity contribution in [2.45, 2.75) is 39.7 Å². The Bertz CT molecular complexity index is 569. The first-order valence-corrected chi connectivity index (χ1v) is 9.00. The minimum Gasteiger partial charge on any atom is -0.444 e. The number of rotatable bonds is 7. The summed E-state index contributed by atoms with van der Waals surface area (Å²) in [5.74, 6) is 0.995. The van der Waals surface area contributed by atoms with Gasteiger partial charge in [0.2, 0.25) is 0 Å². The highest BCUT2D eigenvalue weighted by Gasteiger charge is 2.20. The zero-order valence-corrected chi connectivity index (χ0v) is 16.9. The summed E-state index contributed by atoms with van der Waals surface area (Å²) in [5, 5.41) is 6.56. The molecule has 1 rings (SSSR count). The molecule has 1 atom stereocenters. The van der Waals surface area contributed by atoms with Gasteiger partial charge in [-0.15, -0.1) is 0 Å². The molecule has 0 saturated heterocycles. The third-order valence-corrected chi connectivity index (χ3v) is 3.53. The fraction of sp³-hybridized carbons (Fsp3) is 0.632.